The van der Waals surface area contributed by atoms with Crippen molar-refractivity contribution in [1.82, 2.24) is 5.32 Å². The minimum Gasteiger partial charge on any atom is -0.493 e. The van der Waals surface area contributed by atoms with Crippen molar-refractivity contribution in [3.8, 4) is 11.5 Å². The van der Waals surface area contributed by atoms with Gasteiger partial charge in [-0.3, -0.25) is 0 Å². The molecule has 0 aliphatic heterocycles. The molecule has 0 heterocycles. The monoisotopic (exact) mass is 366 g/mol. The van der Waals surface area contributed by atoms with Gasteiger partial charge in [0.05, 0.1) is 19.9 Å². The van der Waals surface area contributed by atoms with Gasteiger partial charge in [-0.05, 0) is 54.9 Å². The molecule has 0 unspecified atom stereocenters. The van der Waals surface area contributed by atoms with Crippen molar-refractivity contribution in [1.29, 1.82) is 0 Å². The molecule has 0 fully saturated rings. The van der Waals surface area contributed by atoms with E-state index < -0.39 is 11.6 Å². The molecule has 0 atom stereocenters. The fourth-order valence-electron chi connectivity index (χ4n) is 2.29. The van der Waals surface area contributed by atoms with E-state index in [1.165, 1.54) is 12.1 Å². The Morgan fingerprint density at radius 1 is 1.04 bits per heavy atom. The molecule has 0 bridgehead atoms. The van der Waals surface area contributed by atoms with Gasteiger partial charge in [-0.1, -0.05) is 6.07 Å². The number of hydrogen-bond acceptors (Lipinski definition) is 3. The highest BCUT2D eigenvalue weighted by atomic mass is 32.1. The van der Waals surface area contributed by atoms with Crippen LogP contribution in [0.2, 0.25) is 0 Å². The third kappa shape index (κ3) is 5.56. The molecule has 2 N–H and O–H groups in total. The average Bonchev–Trinajstić information content (AvgIpc) is 2.61. The van der Waals surface area contributed by atoms with E-state index in [0.29, 0.717) is 18.0 Å². The van der Waals surface area contributed by atoms with Gasteiger partial charge in [0.1, 0.15) is 11.6 Å². The topological polar surface area (TPSA) is 42.5 Å². The largest absolute Gasteiger partial charge is 0.493 e. The predicted molar refractivity (Wildman–Crippen MR) is 98.4 cm³/mol. The first-order chi connectivity index (χ1) is 12.0. The zero-order valence-corrected chi connectivity index (χ0v) is 14.9. The highest BCUT2D eigenvalue weighted by Crippen LogP contribution is 2.27. The molecule has 134 valence electrons. The summed E-state index contributed by atoms with van der Waals surface area (Å²) in [5.74, 6) is 0.0688. The third-order valence-corrected chi connectivity index (χ3v) is 3.80. The summed E-state index contributed by atoms with van der Waals surface area (Å²) in [4.78, 5) is 0. The molecule has 0 radical (unpaired) electrons. The SMILES string of the molecule is COc1ccc(CCCNC(=S)Nc2ccc(F)cc2F)cc1OC. The summed E-state index contributed by atoms with van der Waals surface area (Å²) in [5.41, 5.74) is 1.25. The number of halogens is 2. The lowest BCUT2D eigenvalue weighted by Crippen LogP contribution is -2.29. The quantitative estimate of drug-likeness (QED) is 0.575. The van der Waals surface area contributed by atoms with Crippen LogP contribution in [0, 0.1) is 11.6 Å². The Bertz CT molecular complexity index is 741. The number of hydrogen-bond donors (Lipinski definition) is 2. The van der Waals surface area contributed by atoms with E-state index >= 15 is 0 Å². The summed E-state index contributed by atoms with van der Waals surface area (Å²) in [6.45, 7) is 0.614. The molecule has 0 saturated heterocycles. The van der Waals surface area contributed by atoms with Crippen LogP contribution in [0.25, 0.3) is 0 Å². The summed E-state index contributed by atoms with van der Waals surface area (Å²) >= 11 is 5.11. The summed E-state index contributed by atoms with van der Waals surface area (Å²) in [7, 11) is 3.20. The lowest BCUT2D eigenvalue weighted by Gasteiger charge is -2.12. The smallest absolute Gasteiger partial charge is 0.170 e. The number of nitrogens with one attached hydrogen (secondary N) is 2. The van der Waals surface area contributed by atoms with Crippen LogP contribution >= 0.6 is 12.2 Å². The fraction of sp³-hybridized carbons (Fsp3) is 0.278. The molecule has 25 heavy (non-hydrogen) atoms. The van der Waals surface area contributed by atoms with Crippen molar-refractivity contribution >= 4 is 23.0 Å². The first-order valence-corrected chi connectivity index (χ1v) is 8.15. The Morgan fingerprint density at radius 3 is 2.48 bits per heavy atom. The van der Waals surface area contributed by atoms with E-state index in [0.717, 1.165) is 24.5 Å². The maximum atomic E-state index is 13.5. The van der Waals surface area contributed by atoms with E-state index in [4.69, 9.17) is 21.7 Å². The molecular weight excluding hydrogens is 346 g/mol. The Balaban J connectivity index is 1.78. The molecule has 2 aromatic carbocycles. The molecule has 0 saturated carbocycles. The van der Waals surface area contributed by atoms with Crippen molar-refractivity contribution in [2.45, 2.75) is 12.8 Å². The Kier molecular flexibility index (Phi) is 6.94. The van der Waals surface area contributed by atoms with Crippen LogP contribution < -0.4 is 20.1 Å². The molecule has 7 heteroatoms. The summed E-state index contributed by atoms with van der Waals surface area (Å²) in [6.07, 6.45) is 1.64. The average molecular weight is 366 g/mol. The van der Waals surface area contributed by atoms with E-state index in [2.05, 4.69) is 10.6 Å². The van der Waals surface area contributed by atoms with Gasteiger partial charge in [-0.2, -0.15) is 0 Å². The number of anilines is 1. The molecule has 0 aliphatic rings. The summed E-state index contributed by atoms with van der Waals surface area (Å²) in [5, 5.41) is 6.00. The predicted octanol–water partition coefficient (Wildman–Crippen LogP) is 3.90. The van der Waals surface area contributed by atoms with Gasteiger partial charge >= 0.3 is 0 Å². The van der Waals surface area contributed by atoms with Gasteiger partial charge < -0.3 is 20.1 Å². The number of ether oxygens (including phenoxy) is 2. The number of aryl methyl sites for hydroxylation is 1. The lowest BCUT2D eigenvalue weighted by molar-refractivity contribution is 0.354. The van der Waals surface area contributed by atoms with Crippen LogP contribution in [0.1, 0.15) is 12.0 Å². The number of rotatable bonds is 7. The first-order valence-electron chi connectivity index (χ1n) is 7.74. The van der Waals surface area contributed by atoms with E-state index in [-0.39, 0.29) is 10.8 Å². The standard InChI is InChI=1S/C18H20F2N2O2S/c1-23-16-8-5-12(10-17(16)24-2)4-3-9-21-18(25)22-15-7-6-13(19)11-14(15)20/h5-8,10-11H,3-4,9H2,1-2H3,(H2,21,22,25). The lowest BCUT2D eigenvalue weighted by atomic mass is 10.1. The van der Waals surface area contributed by atoms with Crippen molar-refractivity contribution in [2.75, 3.05) is 26.1 Å². The third-order valence-electron chi connectivity index (χ3n) is 3.56. The second kappa shape index (κ2) is 9.17. The highest BCUT2D eigenvalue weighted by Gasteiger charge is 2.06. The van der Waals surface area contributed by atoms with E-state index in [9.17, 15) is 8.78 Å². The van der Waals surface area contributed by atoms with Crippen molar-refractivity contribution in [3.63, 3.8) is 0 Å². The maximum Gasteiger partial charge on any atom is 0.170 e. The Labute approximate surface area is 151 Å². The molecule has 2 rings (SSSR count). The van der Waals surface area contributed by atoms with Gasteiger partial charge in [0.25, 0.3) is 0 Å². The normalized spacial score (nSPS) is 10.2. The van der Waals surface area contributed by atoms with Crippen molar-refractivity contribution < 1.29 is 18.3 Å². The van der Waals surface area contributed by atoms with Crippen LogP contribution in [0.3, 0.4) is 0 Å². The molecule has 0 aromatic heterocycles. The van der Waals surface area contributed by atoms with E-state index in [1.807, 2.05) is 18.2 Å². The molecular formula is C18H20F2N2O2S. The Hall–Kier alpha value is -2.41. The summed E-state index contributed by atoms with van der Waals surface area (Å²) < 4.78 is 36.9. The van der Waals surface area contributed by atoms with Crippen molar-refractivity contribution in [3.05, 3.63) is 53.6 Å². The van der Waals surface area contributed by atoms with Crippen LogP contribution in [0.4, 0.5) is 14.5 Å². The minimum atomic E-state index is -0.686. The minimum absolute atomic E-state index is 0.138. The zero-order valence-electron chi connectivity index (χ0n) is 14.1. The first kappa shape index (κ1) is 18.9. The van der Waals surface area contributed by atoms with Gasteiger partial charge in [0.15, 0.2) is 16.6 Å². The van der Waals surface area contributed by atoms with Gasteiger partial charge in [-0.25, -0.2) is 8.78 Å². The molecule has 0 aliphatic carbocycles. The number of thiocarbonyl (C=S) groups is 1. The van der Waals surface area contributed by atoms with Crippen LogP contribution in [0.5, 0.6) is 11.5 Å². The second-order valence-electron chi connectivity index (χ2n) is 5.30. The fourth-order valence-corrected chi connectivity index (χ4v) is 2.50. The van der Waals surface area contributed by atoms with Crippen LogP contribution in [-0.4, -0.2) is 25.9 Å². The van der Waals surface area contributed by atoms with Gasteiger partial charge in [0.2, 0.25) is 0 Å². The maximum absolute atomic E-state index is 13.5. The molecule has 0 amide bonds. The second-order valence-corrected chi connectivity index (χ2v) is 5.71. The van der Waals surface area contributed by atoms with Gasteiger partial charge in [0, 0.05) is 12.6 Å². The van der Waals surface area contributed by atoms with Crippen molar-refractivity contribution in [2.24, 2.45) is 0 Å². The Morgan fingerprint density at radius 2 is 1.80 bits per heavy atom. The van der Waals surface area contributed by atoms with Crippen LogP contribution in [-0.2, 0) is 6.42 Å². The highest BCUT2D eigenvalue weighted by molar-refractivity contribution is 7.80. The summed E-state index contributed by atoms with van der Waals surface area (Å²) in [6, 6.07) is 9.07. The van der Waals surface area contributed by atoms with Gasteiger partial charge in [-0.15, -0.1) is 0 Å². The van der Waals surface area contributed by atoms with Crippen LogP contribution in [0.15, 0.2) is 36.4 Å². The van der Waals surface area contributed by atoms with E-state index in [1.54, 1.807) is 14.2 Å². The number of benzene rings is 2. The zero-order chi connectivity index (χ0) is 18.2. The molecule has 0 spiro atoms. The molecule has 4 nitrogen and oxygen atoms in total. The number of methoxy groups -OCH3 is 2. The molecule has 2 aromatic rings.